The number of hydrogen-bond acceptors (Lipinski definition) is 3. The minimum atomic E-state index is 0.541. The van der Waals surface area contributed by atoms with Crippen LogP contribution in [0.25, 0.3) is 5.69 Å². The van der Waals surface area contributed by atoms with E-state index in [0.717, 1.165) is 21.5 Å². The van der Waals surface area contributed by atoms with E-state index in [1.165, 1.54) is 6.33 Å². The molecule has 0 atom stereocenters. The first kappa shape index (κ1) is 12.9. The summed E-state index contributed by atoms with van der Waals surface area (Å²) in [5.41, 5.74) is 2.09. The Morgan fingerprint density at radius 1 is 1.00 bits per heavy atom. The van der Waals surface area contributed by atoms with Crippen molar-refractivity contribution in [1.29, 1.82) is 0 Å². The molecule has 100 valence electrons. The Morgan fingerprint density at radius 2 is 1.75 bits per heavy atom. The molecule has 0 bridgehead atoms. The van der Waals surface area contributed by atoms with E-state index < -0.39 is 0 Å². The third-order valence-corrected chi connectivity index (χ3v) is 3.37. The molecule has 0 saturated heterocycles. The van der Waals surface area contributed by atoms with Crippen LogP contribution in [0.3, 0.4) is 0 Å². The van der Waals surface area contributed by atoms with Gasteiger partial charge in [-0.2, -0.15) is 5.10 Å². The Kier molecular flexibility index (Phi) is 3.78. The quantitative estimate of drug-likeness (QED) is 0.734. The summed E-state index contributed by atoms with van der Waals surface area (Å²) in [6.45, 7) is 0.541. The van der Waals surface area contributed by atoms with Gasteiger partial charge in [0.05, 0.1) is 5.69 Å². The molecule has 4 nitrogen and oxygen atoms in total. The average molecular weight is 330 g/mol. The maximum Gasteiger partial charge on any atom is 0.138 e. The lowest BCUT2D eigenvalue weighted by Crippen LogP contribution is -1.97. The number of rotatable bonds is 4. The standard InChI is InChI=1S/C15H12BrN3O/c16-13-3-7-15(8-4-13)20-9-12-1-5-14(6-2-12)19-11-17-10-18-19/h1-8,10-11H,9H2. The van der Waals surface area contributed by atoms with Crippen LogP contribution in [0.2, 0.25) is 0 Å². The van der Waals surface area contributed by atoms with E-state index in [-0.39, 0.29) is 0 Å². The van der Waals surface area contributed by atoms with Gasteiger partial charge < -0.3 is 4.74 Å². The molecule has 20 heavy (non-hydrogen) atoms. The fourth-order valence-corrected chi connectivity index (χ4v) is 2.05. The molecule has 0 unspecified atom stereocenters. The maximum absolute atomic E-state index is 5.72. The second kappa shape index (κ2) is 5.88. The van der Waals surface area contributed by atoms with Crippen LogP contribution < -0.4 is 4.74 Å². The van der Waals surface area contributed by atoms with E-state index in [0.29, 0.717) is 6.61 Å². The molecular weight excluding hydrogens is 318 g/mol. The van der Waals surface area contributed by atoms with E-state index in [9.17, 15) is 0 Å². The minimum absolute atomic E-state index is 0.541. The van der Waals surface area contributed by atoms with Gasteiger partial charge >= 0.3 is 0 Å². The van der Waals surface area contributed by atoms with E-state index >= 15 is 0 Å². The molecule has 1 heterocycles. The molecule has 0 fully saturated rings. The van der Waals surface area contributed by atoms with Crippen LogP contribution in [-0.2, 0) is 6.61 Å². The highest BCUT2D eigenvalue weighted by Crippen LogP contribution is 2.17. The summed E-state index contributed by atoms with van der Waals surface area (Å²) in [5.74, 6) is 0.855. The van der Waals surface area contributed by atoms with Gasteiger partial charge in [-0.25, -0.2) is 9.67 Å². The van der Waals surface area contributed by atoms with Crippen molar-refractivity contribution in [3.8, 4) is 11.4 Å². The predicted molar refractivity (Wildman–Crippen MR) is 79.8 cm³/mol. The highest BCUT2D eigenvalue weighted by molar-refractivity contribution is 9.10. The van der Waals surface area contributed by atoms with E-state index in [1.54, 1.807) is 11.0 Å². The van der Waals surface area contributed by atoms with Crippen molar-refractivity contribution in [3.63, 3.8) is 0 Å². The van der Waals surface area contributed by atoms with E-state index in [2.05, 4.69) is 26.0 Å². The van der Waals surface area contributed by atoms with E-state index in [1.807, 2.05) is 48.5 Å². The van der Waals surface area contributed by atoms with Crippen LogP contribution in [0.1, 0.15) is 5.56 Å². The second-order valence-corrected chi connectivity index (χ2v) is 5.16. The molecule has 0 aliphatic carbocycles. The predicted octanol–water partition coefficient (Wildman–Crippen LogP) is 3.61. The van der Waals surface area contributed by atoms with Crippen molar-refractivity contribution in [1.82, 2.24) is 14.8 Å². The lowest BCUT2D eigenvalue weighted by molar-refractivity contribution is 0.306. The highest BCUT2D eigenvalue weighted by Gasteiger charge is 1.99. The summed E-state index contributed by atoms with van der Waals surface area (Å²) < 4.78 is 8.49. The molecule has 0 saturated carbocycles. The summed E-state index contributed by atoms with van der Waals surface area (Å²) >= 11 is 3.40. The van der Waals surface area contributed by atoms with Crippen LogP contribution in [0, 0.1) is 0 Å². The van der Waals surface area contributed by atoms with Gasteiger partial charge in [0.15, 0.2) is 0 Å². The topological polar surface area (TPSA) is 39.9 Å². The Morgan fingerprint density at radius 3 is 2.40 bits per heavy atom. The SMILES string of the molecule is Brc1ccc(OCc2ccc(-n3cncn3)cc2)cc1. The number of halogens is 1. The lowest BCUT2D eigenvalue weighted by Gasteiger charge is -2.07. The molecule has 3 aromatic rings. The Labute approximate surface area is 125 Å². The van der Waals surface area contributed by atoms with Crippen molar-refractivity contribution in [2.24, 2.45) is 0 Å². The smallest absolute Gasteiger partial charge is 0.138 e. The Hall–Kier alpha value is -2.14. The van der Waals surface area contributed by atoms with Gasteiger partial charge in [-0.15, -0.1) is 0 Å². The number of hydrogen-bond donors (Lipinski definition) is 0. The van der Waals surface area contributed by atoms with Gasteiger partial charge in [-0.3, -0.25) is 0 Å². The van der Waals surface area contributed by atoms with Gasteiger partial charge in [0, 0.05) is 4.47 Å². The number of ether oxygens (including phenoxy) is 1. The molecule has 2 aromatic carbocycles. The summed E-state index contributed by atoms with van der Waals surface area (Å²) in [4.78, 5) is 3.93. The van der Waals surface area contributed by atoms with Crippen molar-refractivity contribution in [2.45, 2.75) is 6.61 Å². The second-order valence-electron chi connectivity index (χ2n) is 4.25. The van der Waals surface area contributed by atoms with Crippen LogP contribution >= 0.6 is 15.9 Å². The molecule has 0 radical (unpaired) electrons. The summed E-state index contributed by atoms with van der Waals surface area (Å²) in [6, 6.07) is 15.8. The largest absolute Gasteiger partial charge is 0.489 e. The van der Waals surface area contributed by atoms with Crippen LogP contribution in [0.15, 0.2) is 65.7 Å². The zero-order valence-electron chi connectivity index (χ0n) is 10.6. The maximum atomic E-state index is 5.72. The first-order chi connectivity index (χ1) is 9.81. The highest BCUT2D eigenvalue weighted by atomic mass is 79.9. The molecule has 3 rings (SSSR count). The number of nitrogens with zero attached hydrogens (tertiary/aromatic N) is 3. The van der Waals surface area contributed by atoms with Gasteiger partial charge in [0.2, 0.25) is 0 Å². The Balaban J connectivity index is 1.65. The van der Waals surface area contributed by atoms with Crippen molar-refractivity contribution < 1.29 is 4.74 Å². The average Bonchev–Trinajstić information content (AvgIpc) is 3.01. The van der Waals surface area contributed by atoms with Crippen LogP contribution in [-0.4, -0.2) is 14.8 Å². The summed E-state index contributed by atoms with van der Waals surface area (Å²) in [7, 11) is 0. The van der Waals surface area contributed by atoms with Crippen LogP contribution in [0.5, 0.6) is 5.75 Å². The van der Waals surface area contributed by atoms with E-state index in [4.69, 9.17) is 4.74 Å². The fraction of sp³-hybridized carbons (Fsp3) is 0.0667. The molecule has 0 spiro atoms. The molecule has 0 amide bonds. The van der Waals surface area contributed by atoms with Gasteiger partial charge in [0.1, 0.15) is 25.0 Å². The first-order valence-corrected chi connectivity index (χ1v) is 6.93. The first-order valence-electron chi connectivity index (χ1n) is 6.13. The van der Waals surface area contributed by atoms with Gasteiger partial charge in [0.25, 0.3) is 0 Å². The molecule has 0 aliphatic heterocycles. The molecule has 5 heteroatoms. The zero-order chi connectivity index (χ0) is 13.8. The van der Waals surface area contributed by atoms with Gasteiger partial charge in [-0.05, 0) is 42.0 Å². The minimum Gasteiger partial charge on any atom is -0.489 e. The normalized spacial score (nSPS) is 10.4. The number of aromatic nitrogens is 3. The van der Waals surface area contributed by atoms with Crippen molar-refractivity contribution >= 4 is 15.9 Å². The molecule has 0 aliphatic rings. The summed E-state index contributed by atoms with van der Waals surface area (Å²) in [5, 5.41) is 4.09. The van der Waals surface area contributed by atoms with Gasteiger partial charge in [-0.1, -0.05) is 28.1 Å². The van der Waals surface area contributed by atoms with Crippen LogP contribution in [0.4, 0.5) is 0 Å². The third-order valence-electron chi connectivity index (χ3n) is 2.84. The molecular formula is C15H12BrN3O. The summed E-state index contributed by atoms with van der Waals surface area (Å²) in [6.07, 6.45) is 3.19. The fourth-order valence-electron chi connectivity index (χ4n) is 1.78. The Bertz CT molecular complexity index is 663. The number of benzene rings is 2. The zero-order valence-corrected chi connectivity index (χ0v) is 12.2. The van der Waals surface area contributed by atoms with Crippen molar-refractivity contribution in [3.05, 3.63) is 71.2 Å². The molecule has 0 N–H and O–H groups in total. The lowest BCUT2D eigenvalue weighted by atomic mass is 10.2. The monoisotopic (exact) mass is 329 g/mol. The van der Waals surface area contributed by atoms with Crippen molar-refractivity contribution in [2.75, 3.05) is 0 Å². The third kappa shape index (κ3) is 3.05. The molecule has 1 aromatic heterocycles.